The van der Waals surface area contributed by atoms with E-state index in [1.807, 2.05) is 36.2 Å². The fraction of sp³-hybridized carbons (Fsp3) is 0.400. The van der Waals surface area contributed by atoms with Crippen LogP contribution >= 0.6 is 0 Å². The summed E-state index contributed by atoms with van der Waals surface area (Å²) in [5, 5.41) is 0. The van der Waals surface area contributed by atoms with E-state index in [4.69, 9.17) is 0 Å². The van der Waals surface area contributed by atoms with Gasteiger partial charge < -0.3 is 9.47 Å². The van der Waals surface area contributed by atoms with Crippen LogP contribution < -0.4 is 5.56 Å². The van der Waals surface area contributed by atoms with Gasteiger partial charge in [0.25, 0.3) is 11.5 Å². The topological polar surface area (TPSA) is 42.3 Å². The fourth-order valence-electron chi connectivity index (χ4n) is 3.57. The molecule has 0 radical (unpaired) electrons. The number of aromatic nitrogens is 1. The normalized spacial score (nSPS) is 17.3. The molecule has 0 unspecified atom stereocenters. The third-order valence-electron chi connectivity index (χ3n) is 5.12. The smallest absolute Gasteiger partial charge is 0.263 e. The summed E-state index contributed by atoms with van der Waals surface area (Å²) >= 11 is 0. The summed E-state index contributed by atoms with van der Waals surface area (Å²) in [4.78, 5) is 27.8. The van der Waals surface area contributed by atoms with Crippen molar-refractivity contribution in [3.8, 4) is 0 Å². The minimum absolute atomic E-state index is 0.121. The molecule has 1 aromatic heterocycles. The molecule has 1 aromatic carbocycles. The average molecular weight is 322 g/mol. The van der Waals surface area contributed by atoms with Crippen LogP contribution in [0.25, 0.3) is 0 Å². The van der Waals surface area contributed by atoms with Crippen LogP contribution in [0, 0.1) is 6.92 Å². The highest BCUT2D eigenvalue weighted by molar-refractivity contribution is 5.95. The predicted molar refractivity (Wildman–Crippen MR) is 93.2 cm³/mol. The van der Waals surface area contributed by atoms with Gasteiger partial charge in [0.15, 0.2) is 0 Å². The van der Waals surface area contributed by atoms with E-state index in [2.05, 4.69) is 12.1 Å². The zero-order valence-electron chi connectivity index (χ0n) is 14.0. The van der Waals surface area contributed by atoms with Gasteiger partial charge in [0.05, 0.1) is 0 Å². The molecule has 4 heteroatoms. The maximum Gasteiger partial charge on any atom is 0.263 e. The Labute approximate surface area is 141 Å². The molecule has 2 aliphatic rings. The fourth-order valence-corrected chi connectivity index (χ4v) is 3.57. The summed E-state index contributed by atoms with van der Waals surface area (Å²) in [6, 6.07) is 10.5. The number of nitrogens with zero attached hydrogens (tertiary/aromatic N) is 2. The summed E-state index contributed by atoms with van der Waals surface area (Å²) in [6.45, 7) is 3.15. The molecule has 4 nitrogen and oxygen atoms in total. The van der Waals surface area contributed by atoms with Crippen molar-refractivity contribution >= 4 is 5.91 Å². The second-order valence-corrected chi connectivity index (χ2v) is 6.92. The Morgan fingerprint density at radius 1 is 1.12 bits per heavy atom. The molecule has 1 fully saturated rings. The third kappa shape index (κ3) is 2.66. The van der Waals surface area contributed by atoms with Crippen molar-refractivity contribution in [2.75, 3.05) is 6.54 Å². The maximum atomic E-state index is 13.1. The Morgan fingerprint density at radius 2 is 1.88 bits per heavy atom. The molecule has 4 rings (SSSR count). The molecule has 0 saturated heterocycles. The Hall–Kier alpha value is -2.36. The number of benzene rings is 1. The minimum atomic E-state index is -0.125. The molecular formula is C20H22N2O2. The summed E-state index contributed by atoms with van der Waals surface area (Å²) in [6.07, 6.45) is 5.83. The molecular weight excluding hydrogens is 300 g/mol. The van der Waals surface area contributed by atoms with Gasteiger partial charge >= 0.3 is 0 Å². The van der Waals surface area contributed by atoms with Gasteiger partial charge in [-0.25, -0.2) is 0 Å². The SMILES string of the molecule is Cc1ccn(C2CC2)c(=O)c1C(=O)N1CCCc2ccccc2C1. The second-order valence-electron chi connectivity index (χ2n) is 6.92. The van der Waals surface area contributed by atoms with Crippen LogP contribution in [0.1, 0.15) is 52.4 Å². The number of rotatable bonds is 2. The molecule has 1 aliphatic heterocycles. The van der Waals surface area contributed by atoms with Crippen LogP contribution in [0.5, 0.6) is 0 Å². The zero-order valence-corrected chi connectivity index (χ0v) is 14.0. The molecule has 124 valence electrons. The lowest BCUT2D eigenvalue weighted by Crippen LogP contribution is -2.37. The molecule has 1 aliphatic carbocycles. The van der Waals surface area contributed by atoms with Gasteiger partial charge in [-0.2, -0.15) is 0 Å². The van der Waals surface area contributed by atoms with Gasteiger partial charge in [-0.15, -0.1) is 0 Å². The van der Waals surface area contributed by atoms with E-state index in [1.165, 1.54) is 11.1 Å². The summed E-state index contributed by atoms with van der Waals surface area (Å²) in [5.74, 6) is -0.121. The van der Waals surface area contributed by atoms with Crippen LogP contribution in [-0.4, -0.2) is 21.9 Å². The van der Waals surface area contributed by atoms with Gasteiger partial charge in [-0.05, 0) is 55.4 Å². The molecule has 1 saturated carbocycles. The first-order chi connectivity index (χ1) is 11.6. The summed E-state index contributed by atoms with van der Waals surface area (Å²) < 4.78 is 1.74. The molecule has 0 atom stereocenters. The van der Waals surface area contributed by atoms with Crippen molar-refractivity contribution in [3.63, 3.8) is 0 Å². The highest BCUT2D eigenvalue weighted by atomic mass is 16.2. The molecule has 2 aromatic rings. The van der Waals surface area contributed by atoms with Gasteiger partial charge in [-0.3, -0.25) is 9.59 Å². The second kappa shape index (κ2) is 5.93. The first-order valence-electron chi connectivity index (χ1n) is 8.73. The quantitative estimate of drug-likeness (QED) is 0.853. The van der Waals surface area contributed by atoms with Crippen molar-refractivity contribution in [1.29, 1.82) is 0 Å². The maximum absolute atomic E-state index is 13.1. The van der Waals surface area contributed by atoms with Gasteiger partial charge in [0.2, 0.25) is 0 Å². The summed E-state index contributed by atoms with van der Waals surface area (Å²) in [5.41, 5.74) is 3.51. The van der Waals surface area contributed by atoms with Crippen molar-refractivity contribution in [2.45, 2.75) is 45.2 Å². The number of amides is 1. The van der Waals surface area contributed by atoms with Crippen LogP contribution in [0.3, 0.4) is 0 Å². The van der Waals surface area contributed by atoms with Crippen molar-refractivity contribution in [3.05, 3.63) is 69.1 Å². The monoisotopic (exact) mass is 322 g/mol. The van der Waals surface area contributed by atoms with E-state index in [0.717, 1.165) is 31.2 Å². The molecule has 2 heterocycles. The predicted octanol–water partition coefficient (Wildman–Crippen LogP) is 3.08. The van der Waals surface area contributed by atoms with E-state index in [1.54, 1.807) is 4.57 Å². The van der Waals surface area contributed by atoms with Gasteiger partial charge in [0.1, 0.15) is 5.56 Å². The Morgan fingerprint density at radius 3 is 2.62 bits per heavy atom. The van der Waals surface area contributed by atoms with E-state index in [-0.39, 0.29) is 17.5 Å². The molecule has 24 heavy (non-hydrogen) atoms. The van der Waals surface area contributed by atoms with Crippen molar-refractivity contribution in [1.82, 2.24) is 9.47 Å². The Bertz CT molecular complexity index is 849. The van der Waals surface area contributed by atoms with Gasteiger partial charge in [0, 0.05) is 25.3 Å². The Kier molecular flexibility index (Phi) is 3.75. The van der Waals surface area contributed by atoms with E-state index in [9.17, 15) is 9.59 Å². The minimum Gasteiger partial charge on any atom is -0.334 e. The molecule has 0 spiro atoms. The third-order valence-corrected chi connectivity index (χ3v) is 5.12. The molecule has 0 bridgehead atoms. The van der Waals surface area contributed by atoms with Crippen molar-refractivity contribution in [2.24, 2.45) is 0 Å². The first kappa shape index (κ1) is 15.2. The van der Waals surface area contributed by atoms with Gasteiger partial charge in [-0.1, -0.05) is 24.3 Å². The van der Waals surface area contributed by atoms with Crippen LogP contribution in [0.15, 0.2) is 41.3 Å². The van der Waals surface area contributed by atoms with Crippen LogP contribution in [0.2, 0.25) is 0 Å². The molecule has 0 N–H and O–H groups in total. The lowest BCUT2D eigenvalue weighted by Gasteiger charge is -2.22. The van der Waals surface area contributed by atoms with Crippen LogP contribution in [0.4, 0.5) is 0 Å². The highest BCUT2D eigenvalue weighted by Gasteiger charge is 2.29. The average Bonchev–Trinajstić information content (AvgIpc) is 3.40. The number of aryl methyl sites for hydroxylation is 2. The van der Waals surface area contributed by atoms with Crippen molar-refractivity contribution < 1.29 is 4.79 Å². The lowest BCUT2D eigenvalue weighted by molar-refractivity contribution is 0.0742. The number of carbonyl (C=O) groups is 1. The number of pyridine rings is 1. The zero-order chi connectivity index (χ0) is 16.7. The lowest BCUT2D eigenvalue weighted by atomic mass is 10.0. The summed E-state index contributed by atoms with van der Waals surface area (Å²) in [7, 11) is 0. The number of hydrogen-bond donors (Lipinski definition) is 0. The number of hydrogen-bond acceptors (Lipinski definition) is 2. The van der Waals surface area contributed by atoms with Crippen LogP contribution in [-0.2, 0) is 13.0 Å². The number of fused-ring (bicyclic) bond motifs is 1. The van der Waals surface area contributed by atoms with E-state index in [0.29, 0.717) is 18.7 Å². The van der Waals surface area contributed by atoms with E-state index < -0.39 is 0 Å². The largest absolute Gasteiger partial charge is 0.334 e. The standard InChI is InChI=1S/C20H22N2O2/c1-14-10-12-22(17-8-9-17)20(24)18(14)19(23)21-11-4-7-15-5-2-3-6-16(15)13-21/h2-3,5-6,10,12,17H,4,7-9,11,13H2,1H3. The van der Waals surface area contributed by atoms with E-state index >= 15 is 0 Å². The number of carbonyl (C=O) groups excluding carboxylic acids is 1. The Balaban J connectivity index is 1.69. The molecule has 1 amide bonds. The first-order valence-corrected chi connectivity index (χ1v) is 8.73. The highest BCUT2D eigenvalue weighted by Crippen LogP contribution is 2.33.